The van der Waals surface area contributed by atoms with Crippen LogP contribution in [0.4, 0.5) is 0 Å². The van der Waals surface area contributed by atoms with Crippen molar-refractivity contribution in [2.75, 3.05) is 47.4 Å². The smallest absolute Gasteiger partial charge is 0.0543 e. The minimum atomic E-state index is -0.00859. The van der Waals surface area contributed by atoms with Crippen LogP contribution in [0.15, 0.2) is 48.5 Å². The molecule has 2 aromatic rings. The Labute approximate surface area is 228 Å². The number of hydrogen-bond acceptors (Lipinski definition) is 4. The molecule has 2 unspecified atom stereocenters. The van der Waals surface area contributed by atoms with Gasteiger partial charge in [0.15, 0.2) is 0 Å². The minimum Gasteiger partial charge on any atom is -0.395 e. The zero-order valence-corrected chi connectivity index (χ0v) is 24.9. The molecule has 0 aromatic heterocycles. The van der Waals surface area contributed by atoms with E-state index >= 15 is 0 Å². The second-order valence-corrected chi connectivity index (χ2v) is 11.0. The topological polar surface area (TPSA) is 55.7 Å². The minimum absolute atomic E-state index is 0.0000926. The molecule has 2 atom stereocenters. The molecule has 0 saturated heterocycles. The van der Waals surface area contributed by atoms with Crippen molar-refractivity contribution in [1.29, 1.82) is 0 Å². The van der Waals surface area contributed by atoms with Gasteiger partial charge in [0.05, 0.1) is 13.2 Å². The highest BCUT2D eigenvalue weighted by atomic mass is 16.3. The summed E-state index contributed by atoms with van der Waals surface area (Å²) in [7, 11) is 6.04. The zero-order valence-electron chi connectivity index (χ0n) is 24.9. The zero-order chi connectivity index (χ0) is 27.7. The maximum absolute atomic E-state index is 9.51. The average molecular weight is 513 g/mol. The number of fused-ring (bicyclic) bond motifs is 2. The first kappa shape index (κ1) is 33.3. The molecule has 0 bridgehead atoms. The van der Waals surface area contributed by atoms with Crippen LogP contribution in [0.1, 0.15) is 88.5 Å². The molecular formula is C33H56N2O2. The Balaban J connectivity index is 0.000000275. The van der Waals surface area contributed by atoms with Gasteiger partial charge in [-0.25, -0.2) is 0 Å². The van der Waals surface area contributed by atoms with Crippen molar-refractivity contribution in [3.8, 4) is 0 Å². The van der Waals surface area contributed by atoms with Gasteiger partial charge in [0.25, 0.3) is 0 Å². The lowest BCUT2D eigenvalue weighted by Crippen LogP contribution is -2.49. The van der Waals surface area contributed by atoms with Gasteiger partial charge in [0.2, 0.25) is 0 Å². The Morgan fingerprint density at radius 3 is 1.43 bits per heavy atom. The van der Waals surface area contributed by atoms with E-state index in [1.54, 1.807) is 0 Å². The van der Waals surface area contributed by atoms with Crippen molar-refractivity contribution in [3.05, 3.63) is 70.8 Å². The number of aliphatic hydroxyl groups is 2. The van der Waals surface area contributed by atoms with Crippen LogP contribution in [0, 0.1) is 0 Å². The molecule has 3 N–H and O–H groups in total. The van der Waals surface area contributed by atoms with Gasteiger partial charge in [-0.3, -0.25) is 0 Å². The van der Waals surface area contributed by atoms with E-state index in [-0.39, 0.29) is 24.0 Å². The molecule has 4 heteroatoms. The summed E-state index contributed by atoms with van der Waals surface area (Å²) in [5.74, 6) is 0. The van der Waals surface area contributed by atoms with E-state index in [2.05, 4.69) is 94.5 Å². The van der Waals surface area contributed by atoms with Crippen LogP contribution < -0.4 is 5.32 Å². The standard InChI is InChI=1S/C12H17NO.C11H15NO.2C5H12/c1-13(2)8-12(9-14)7-10-5-3-4-6-11(10)12;1-12-7-11(8-13)6-9-4-2-3-5-10(9)11;2*1-3-5-4-2/h3-6,14H,7-9H2,1-2H3;2-5,12-13H,6-8H2,1H3;2*3-5H2,1-2H3. The fourth-order valence-electron chi connectivity index (χ4n) is 5.43. The monoisotopic (exact) mass is 512 g/mol. The van der Waals surface area contributed by atoms with E-state index in [0.29, 0.717) is 0 Å². The molecule has 4 nitrogen and oxygen atoms in total. The summed E-state index contributed by atoms with van der Waals surface area (Å²) in [6, 6.07) is 16.8. The molecule has 2 aromatic carbocycles. The van der Waals surface area contributed by atoms with Gasteiger partial charge < -0.3 is 20.4 Å². The third-order valence-corrected chi connectivity index (χ3v) is 7.39. The molecule has 0 saturated carbocycles. The summed E-state index contributed by atoms with van der Waals surface area (Å²) in [4.78, 5) is 2.14. The van der Waals surface area contributed by atoms with E-state index < -0.39 is 0 Å². The number of benzene rings is 2. The quantitative estimate of drug-likeness (QED) is 0.359. The van der Waals surface area contributed by atoms with Crippen LogP contribution >= 0.6 is 0 Å². The van der Waals surface area contributed by atoms with Crippen LogP contribution in [0.3, 0.4) is 0 Å². The summed E-state index contributed by atoms with van der Waals surface area (Å²) in [6.07, 6.45) is 10.2. The Hall–Kier alpha value is -1.72. The van der Waals surface area contributed by atoms with Gasteiger partial charge in [0.1, 0.15) is 0 Å². The first-order chi connectivity index (χ1) is 17.8. The van der Waals surface area contributed by atoms with Crippen LogP contribution in [-0.4, -0.2) is 62.6 Å². The predicted molar refractivity (Wildman–Crippen MR) is 161 cm³/mol. The number of unbranched alkanes of at least 4 members (excludes halogenated alkanes) is 4. The van der Waals surface area contributed by atoms with Gasteiger partial charge >= 0.3 is 0 Å². The van der Waals surface area contributed by atoms with Crippen molar-refractivity contribution in [2.24, 2.45) is 0 Å². The molecule has 0 fully saturated rings. The lowest BCUT2D eigenvalue weighted by Gasteiger charge is -2.44. The third kappa shape index (κ3) is 9.51. The van der Waals surface area contributed by atoms with Crippen LogP contribution in [-0.2, 0) is 23.7 Å². The van der Waals surface area contributed by atoms with Crippen molar-refractivity contribution < 1.29 is 10.2 Å². The van der Waals surface area contributed by atoms with Gasteiger partial charge in [-0.2, -0.15) is 0 Å². The predicted octanol–water partition coefficient (Wildman–Crippen LogP) is 6.12. The Bertz CT molecular complexity index is 859. The van der Waals surface area contributed by atoms with Gasteiger partial charge in [-0.15, -0.1) is 0 Å². The molecule has 0 heterocycles. The summed E-state index contributed by atoms with van der Waals surface area (Å²) in [6.45, 7) is 11.1. The molecule has 0 spiro atoms. The van der Waals surface area contributed by atoms with Crippen molar-refractivity contribution in [3.63, 3.8) is 0 Å². The lowest BCUT2D eigenvalue weighted by molar-refractivity contribution is 0.138. The fraction of sp³-hybridized carbons (Fsp3) is 0.636. The number of nitrogens with zero attached hydrogens (tertiary/aromatic N) is 1. The first-order valence-electron chi connectivity index (χ1n) is 14.5. The number of hydrogen-bond donors (Lipinski definition) is 3. The maximum Gasteiger partial charge on any atom is 0.0543 e. The highest BCUT2D eigenvalue weighted by Gasteiger charge is 2.42. The van der Waals surface area contributed by atoms with Gasteiger partial charge in [-0.1, -0.05) is 115 Å². The van der Waals surface area contributed by atoms with Gasteiger partial charge in [-0.05, 0) is 56.2 Å². The third-order valence-electron chi connectivity index (χ3n) is 7.39. The number of aliphatic hydroxyl groups excluding tert-OH is 2. The average Bonchev–Trinajstić information content (AvgIpc) is 2.88. The lowest BCUT2D eigenvalue weighted by atomic mass is 9.64. The van der Waals surface area contributed by atoms with E-state index in [0.717, 1.165) is 25.9 Å². The summed E-state index contributed by atoms with van der Waals surface area (Å²) in [5.41, 5.74) is 5.41. The summed E-state index contributed by atoms with van der Waals surface area (Å²) in [5, 5.41) is 22.0. The van der Waals surface area contributed by atoms with E-state index in [1.807, 2.05) is 13.1 Å². The van der Waals surface area contributed by atoms with Crippen LogP contribution in [0.2, 0.25) is 0 Å². The molecule has 2 aliphatic rings. The molecule has 2 aliphatic carbocycles. The Kier molecular flexibility index (Phi) is 16.0. The molecule has 4 rings (SSSR count). The summed E-state index contributed by atoms with van der Waals surface area (Å²) >= 11 is 0. The Morgan fingerprint density at radius 1 is 0.703 bits per heavy atom. The number of rotatable bonds is 10. The first-order valence-corrected chi connectivity index (χ1v) is 14.5. The Morgan fingerprint density at radius 2 is 1.11 bits per heavy atom. The van der Waals surface area contributed by atoms with Crippen LogP contribution in [0.5, 0.6) is 0 Å². The van der Waals surface area contributed by atoms with E-state index in [4.69, 9.17) is 0 Å². The molecule has 210 valence electrons. The maximum atomic E-state index is 9.51. The number of likely N-dealkylation sites (N-methyl/N-ethyl adjacent to an activating group) is 2. The molecule has 37 heavy (non-hydrogen) atoms. The van der Waals surface area contributed by atoms with Crippen molar-refractivity contribution in [2.45, 2.75) is 89.9 Å². The SMILES string of the molecule is CCCCC.CCCCC.CN(C)CC1(CO)Cc2ccccc21.CNCC1(CO)Cc2ccccc21. The highest BCUT2D eigenvalue weighted by molar-refractivity contribution is 5.46. The number of nitrogens with one attached hydrogen (secondary N) is 1. The second kappa shape index (κ2) is 17.7. The fourth-order valence-corrected chi connectivity index (χ4v) is 5.43. The van der Waals surface area contributed by atoms with E-state index in [9.17, 15) is 10.2 Å². The highest BCUT2D eigenvalue weighted by Crippen LogP contribution is 2.41. The van der Waals surface area contributed by atoms with Crippen LogP contribution in [0.25, 0.3) is 0 Å². The molecule has 0 amide bonds. The van der Waals surface area contributed by atoms with E-state index in [1.165, 1.54) is 60.8 Å². The molecule has 0 aliphatic heterocycles. The van der Waals surface area contributed by atoms with Crippen molar-refractivity contribution >= 4 is 0 Å². The summed E-state index contributed by atoms with van der Waals surface area (Å²) < 4.78 is 0. The second-order valence-electron chi connectivity index (χ2n) is 11.0. The normalized spacial score (nSPS) is 20.4. The largest absolute Gasteiger partial charge is 0.395 e. The molecule has 0 radical (unpaired) electrons. The van der Waals surface area contributed by atoms with Crippen molar-refractivity contribution in [1.82, 2.24) is 10.2 Å². The molecular weight excluding hydrogens is 456 g/mol. The van der Waals surface area contributed by atoms with Gasteiger partial charge in [0, 0.05) is 23.9 Å².